The van der Waals surface area contributed by atoms with Crippen molar-refractivity contribution >= 4 is 23.2 Å². The third-order valence-corrected chi connectivity index (χ3v) is 6.29. The summed E-state index contributed by atoms with van der Waals surface area (Å²) in [6.45, 7) is 0.677. The Kier molecular flexibility index (Phi) is 4.73. The Morgan fingerprint density at radius 1 is 1.39 bits per heavy atom. The number of hydrogen-bond acceptors (Lipinski definition) is 4. The monoisotopic (exact) mass is 337 g/mol. The van der Waals surface area contributed by atoms with E-state index in [9.17, 15) is 19.8 Å². The molecule has 6 heteroatoms. The number of aliphatic hydroxyl groups excluding tert-OH is 1. The van der Waals surface area contributed by atoms with Gasteiger partial charge in [-0.1, -0.05) is 12.5 Å². The van der Waals surface area contributed by atoms with Gasteiger partial charge in [-0.3, -0.25) is 9.59 Å². The number of carboxylic acids is 1. The Balaban J connectivity index is 1.62. The average Bonchev–Trinajstić information content (AvgIpc) is 3.12. The number of nitrogens with zero attached hydrogens (tertiary/aromatic N) is 1. The number of aliphatic hydroxyl groups is 1. The molecule has 0 radical (unpaired) electrons. The quantitative estimate of drug-likeness (QED) is 0.837. The predicted molar refractivity (Wildman–Crippen MR) is 87.2 cm³/mol. The van der Waals surface area contributed by atoms with Crippen LogP contribution in [0.25, 0.3) is 0 Å². The smallest absolute Gasteiger partial charge is 0.310 e. The fourth-order valence-corrected chi connectivity index (χ4v) is 4.45. The van der Waals surface area contributed by atoms with Gasteiger partial charge in [0.05, 0.1) is 11.5 Å². The fraction of sp³-hybridized carbons (Fsp3) is 0.647. The summed E-state index contributed by atoms with van der Waals surface area (Å²) in [5.74, 6) is -0.903. The maximum absolute atomic E-state index is 12.6. The molecular formula is C17H23NO4S. The van der Waals surface area contributed by atoms with Gasteiger partial charge in [0, 0.05) is 23.9 Å². The summed E-state index contributed by atoms with van der Waals surface area (Å²) in [6.07, 6.45) is 3.99. The van der Waals surface area contributed by atoms with Crippen LogP contribution in [0.3, 0.4) is 0 Å². The van der Waals surface area contributed by atoms with Gasteiger partial charge < -0.3 is 15.1 Å². The van der Waals surface area contributed by atoms with Crippen molar-refractivity contribution in [3.8, 4) is 0 Å². The third kappa shape index (κ3) is 3.28. The molecular weight excluding hydrogens is 314 g/mol. The molecule has 2 N–H and O–H groups in total. The van der Waals surface area contributed by atoms with Crippen molar-refractivity contribution in [2.75, 3.05) is 6.54 Å². The molecule has 1 aliphatic heterocycles. The SMILES string of the molecule is O=C(CC1(C(=O)O)CCC1)N1CCCC1CC(O)c1cccs1. The Hall–Kier alpha value is -1.40. The van der Waals surface area contributed by atoms with E-state index in [1.165, 1.54) is 11.3 Å². The molecule has 0 bridgehead atoms. The van der Waals surface area contributed by atoms with Gasteiger partial charge in [-0.15, -0.1) is 11.3 Å². The summed E-state index contributed by atoms with van der Waals surface area (Å²) in [4.78, 5) is 26.8. The van der Waals surface area contributed by atoms with Crippen LogP contribution in [0, 0.1) is 5.41 Å². The summed E-state index contributed by atoms with van der Waals surface area (Å²) >= 11 is 1.52. The molecule has 1 aromatic heterocycles. The standard InChI is InChI=1S/C17H23NO4S/c19-13(14-5-2-9-23-14)10-12-4-1-8-18(12)15(20)11-17(16(21)22)6-3-7-17/h2,5,9,12-13,19H,1,3-4,6-8,10-11H2,(H,21,22). The van der Waals surface area contributed by atoms with Crippen LogP contribution in [0.1, 0.15) is 55.9 Å². The highest BCUT2D eigenvalue weighted by Crippen LogP contribution is 2.45. The minimum Gasteiger partial charge on any atom is -0.481 e. The number of carbonyl (C=O) groups is 2. The Labute approximate surface area is 139 Å². The fourth-order valence-electron chi connectivity index (χ4n) is 3.72. The van der Waals surface area contributed by atoms with Crippen molar-refractivity contribution in [2.24, 2.45) is 5.41 Å². The average molecular weight is 337 g/mol. The van der Waals surface area contributed by atoms with E-state index in [-0.39, 0.29) is 18.4 Å². The summed E-state index contributed by atoms with van der Waals surface area (Å²) in [5, 5.41) is 21.7. The van der Waals surface area contributed by atoms with E-state index in [1.807, 2.05) is 17.5 Å². The molecule has 126 valence electrons. The molecule has 1 aromatic rings. The van der Waals surface area contributed by atoms with Crippen LogP contribution in [-0.2, 0) is 9.59 Å². The maximum atomic E-state index is 12.6. The van der Waals surface area contributed by atoms with Gasteiger partial charge >= 0.3 is 5.97 Å². The minimum absolute atomic E-state index is 0.0190. The van der Waals surface area contributed by atoms with Gasteiger partial charge in [0.15, 0.2) is 0 Å². The molecule has 2 unspecified atom stereocenters. The first-order valence-electron chi connectivity index (χ1n) is 8.26. The highest BCUT2D eigenvalue weighted by atomic mass is 32.1. The largest absolute Gasteiger partial charge is 0.481 e. The van der Waals surface area contributed by atoms with Crippen molar-refractivity contribution in [1.29, 1.82) is 0 Å². The van der Waals surface area contributed by atoms with E-state index < -0.39 is 17.5 Å². The van der Waals surface area contributed by atoms with E-state index >= 15 is 0 Å². The Bertz CT molecular complexity index is 567. The Morgan fingerprint density at radius 3 is 2.74 bits per heavy atom. The first kappa shape index (κ1) is 16.5. The second kappa shape index (κ2) is 6.61. The van der Waals surface area contributed by atoms with Gasteiger partial charge in [-0.25, -0.2) is 0 Å². The number of aliphatic carboxylic acids is 1. The lowest BCUT2D eigenvalue weighted by Gasteiger charge is -2.39. The third-order valence-electron chi connectivity index (χ3n) is 5.32. The molecule has 2 fully saturated rings. The van der Waals surface area contributed by atoms with Crippen molar-refractivity contribution < 1.29 is 19.8 Å². The molecule has 1 saturated heterocycles. The lowest BCUT2D eigenvalue weighted by Crippen LogP contribution is -2.45. The summed E-state index contributed by atoms with van der Waals surface area (Å²) in [6, 6.07) is 3.84. The molecule has 5 nitrogen and oxygen atoms in total. The first-order chi connectivity index (χ1) is 11.0. The van der Waals surface area contributed by atoms with E-state index in [1.54, 1.807) is 4.90 Å². The minimum atomic E-state index is -0.841. The number of hydrogen-bond donors (Lipinski definition) is 2. The van der Waals surface area contributed by atoms with Crippen molar-refractivity contribution in [3.63, 3.8) is 0 Å². The highest BCUT2D eigenvalue weighted by molar-refractivity contribution is 7.10. The molecule has 1 amide bonds. The van der Waals surface area contributed by atoms with E-state index in [4.69, 9.17) is 0 Å². The molecule has 1 aliphatic carbocycles. The van der Waals surface area contributed by atoms with Gasteiger partial charge in [0.1, 0.15) is 0 Å². The lowest BCUT2D eigenvalue weighted by molar-refractivity contribution is -0.159. The van der Waals surface area contributed by atoms with Gasteiger partial charge in [0.2, 0.25) is 5.91 Å². The summed E-state index contributed by atoms with van der Waals surface area (Å²) < 4.78 is 0. The zero-order valence-electron chi connectivity index (χ0n) is 13.1. The maximum Gasteiger partial charge on any atom is 0.310 e. The normalized spacial score (nSPS) is 24.2. The van der Waals surface area contributed by atoms with Crippen molar-refractivity contribution in [1.82, 2.24) is 4.90 Å². The summed E-state index contributed by atoms with van der Waals surface area (Å²) in [7, 11) is 0. The van der Waals surface area contributed by atoms with Gasteiger partial charge in [-0.2, -0.15) is 0 Å². The van der Waals surface area contributed by atoms with Crippen molar-refractivity contribution in [2.45, 2.75) is 57.1 Å². The van der Waals surface area contributed by atoms with Gasteiger partial charge in [0.25, 0.3) is 0 Å². The lowest BCUT2D eigenvalue weighted by atomic mass is 9.66. The predicted octanol–water partition coefficient (Wildman–Crippen LogP) is 2.81. The van der Waals surface area contributed by atoms with E-state index in [0.29, 0.717) is 25.8 Å². The molecule has 2 aliphatic rings. The number of rotatable bonds is 6. The number of carboxylic acid groups (broad SMARTS) is 1. The summed E-state index contributed by atoms with van der Waals surface area (Å²) in [5.41, 5.74) is -0.837. The van der Waals surface area contributed by atoms with Crippen LogP contribution in [0.5, 0.6) is 0 Å². The van der Waals surface area contributed by atoms with Crippen molar-refractivity contribution in [3.05, 3.63) is 22.4 Å². The topological polar surface area (TPSA) is 77.8 Å². The number of thiophene rings is 1. The Morgan fingerprint density at radius 2 is 2.17 bits per heavy atom. The number of likely N-dealkylation sites (tertiary alicyclic amines) is 1. The van der Waals surface area contributed by atoms with Crippen LogP contribution in [0.15, 0.2) is 17.5 Å². The number of carbonyl (C=O) groups excluding carboxylic acids is 1. The molecule has 2 heterocycles. The van der Waals surface area contributed by atoms with E-state index in [0.717, 1.165) is 24.1 Å². The molecule has 2 atom stereocenters. The highest BCUT2D eigenvalue weighted by Gasteiger charge is 2.47. The molecule has 23 heavy (non-hydrogen) atoms. The van der Waals surface area contributed by atoms with Crippen LogP contribution in [0.4, 0.5) is 0 Å². The van der Waals surface area contributed by atoms with Crippen LogP contribution < -0.4 is 0 Å². The number of amides is 1. The van der Waals surface area contributed by atoms with Crippen LogP contribution in [0.2, 0.25) is 0 Å². The van der Waals surface area contributed by atoms with Crippen LogP contribution in [-0.4, -0.2) is 39.6 Å². The first-order valence-corrected chi connectivity index (χ1v) is 9.14. The second-order valence-corrected chi connectivity index (χ2v) is 7.75. The molecule has 0 aromatic carbocycles. The zero-order valence-corrected chi connectivity index (χ0v) is 13.9. The molecule has 0 spiro atoms. The zero-order chi connectivity index (χ0) is 16.4. The van der Waals surface area contributed by atoms with Gasteiger partial charge in [-0.05, 0) is 43.6 Å². The molecule has 1 saturated carbocycles. The van der Waals surface area contributed by atoms with Crippen LogP contribution >= 0.6 is 11.3 Å². The van der Waals surface area contributed by atoms with E-state index in [2.05, 4.69) is 0 Å². The second-order valence-electron chi connectivity index (χ2n) is 6.77. The molecule has 3 rings (SSSR count).